The van der Waals surface area contributed by atoms with Gasteiger partial charge in [-0.05, 0) is 47.2 Å². The maximum Gasteiger partial charge on any atom is 0.399 e. The fourth-order valence-corrected chi connectivity index (χ4v) is 3.65. The number of fused-ring (bicyclic) bond motifs is 1. The molecule has 0 saturated carbocycles. The second-order valence-corrected chi connectivity index (χ2v) is 7.09. The molecular formula is C19H15Cl2F4N. The molecule has 0 radical (unpaired) electrons. The summed E-state index contributed by atoms with van der Waals surface area (Å²) in [5, 5.41) is -0.886. The number of alkyl halides is 3. The Kier molecular flexibility index (Phi) is 5.33. The lowest BCUT2D eigenvalue weighted by atomic mass is 9.96. The van der Waals surface area contributed by atoms with Gasteiger partial charge >= 0.3 is 6.18 Å². The Morgan fingerprint density at radius 1 is 1.12 bits per heavy atom. The molecule has 7 heteroatoms. The number of hydrogen-bond donors (Lipinski definition) is 1. The largest absolute Gasteiger partial charge is 0.399 e. The number of benzene rings is 2. The predicted octanol–water partition coefficient (Wildman–Crippen LogP) is 6.44. The van der Waals surface area contributed by atoms with Gasteiger partial charge in [-0.1, -0.05) is 53.6 Å². The molecule has 0 saturated heterocycles. The van der Waals surface area contributed by atoms with E-state index in [1.54, 1.807) is 6.07 Å². The predicted molar refractivity (Wildman–Crippen MR) is 95.9 cm³/mol. The lowest BCUT2D eigenvalue weighted by Gasteiger charge is -2.18. The molecule has 1 nitrogen and oxygen atoms in total. The Balaban J connectivity index is 1.94. The molecule has 0 aromatic heterocycles. The van der Waals surface area contributed by atoms with Gasteiger partial charge in [0.15, 0.2) is 5.82 Å². The number of halogens is 6. The Bertz CT molecular complexity index is 838. The molecule has 0 bridgehead atoms. The summed E-state index contributed by atoms with van der Waals surface area (Å²) in [6.45, 7) is 0. The average molecular weight is 404 g/mol. The summed E-state index contributed by atoms with van der Waals surface area (Å²) in [7, 11) is 0. The maximum atomic E-state index is 13.5. The first-order valence-corrected chi connectivity index (χ1v) is 8.70. The van der Waals surface area contributed by atoms with Crippen molar-refractivity contribution in [3.8, 4) is 0 Å². The molecule has 1 aliphatic carbocycles. The zero-order chi connectivity index (χ0) is 19.1. The van der Waals surface area contributed by atoms with Crippen molar-refractivity contribution >= 4 is 29.3 Å². The van der Waals surface area contributed by atoms with E-state index in [1.165, 1.54) is 6.08 Å². The van der Waals surface area contributed by atoms with Crippen molar-refractivity contribution in [1.29, 1.82) is 0 Å². The van der Waals surface area contributed by atoms with Crippen molar-refractivity contribution < 1.29 is 17.6 Å². The van der Waals surface area contributed by atoms with Crippen LogP contribution in [0.1, 0.15) is 40.6 Å². The van der Waals surface area contributed by atoms with Gasteiger partial charge in [-0.3, -0.25) is 0 Å². The average Bonchev–Trinajstić information content (AvgIpc) is 2.92. The Labute approximate surface area is 158 Å². The Hall–Kier alpha value is -1.56. The van der Waals surface area contributed by atoms with Crippen LogP contribution in [0.4, 0.5) is 17.6 Å². The van der Waals surface area contributed by atoms with Crippen LogP contribution < -0.4 is 5.73 Å². The normalized spacial score (nSPS) is 18.3. The monoisotopic (exact) mass is 403 g/mol. The van der Waals surface area contributed by atoms with Crippen molar-refractivity contribution in [2.24, 2.45) is 5.73 Å². The lowest BCUT2D eigenvalue weighted by molar-refractivity contribution is -0.139. The first kappa shape index (κ1) is 19.2. The van der Waals surface area contributed by atoms with Crippen LogP contribution >= 0.6 is 23.2 Å². The molecule has 2 atom stereocenters. The zero-order valence-electron chi connectivity index (χ0n) is 13.5. The quantitative estimate of drug-likeness (QED) is 0.463. The van der Waals surface area contributed by atoms with Gasteiger partial charge in [-0.25, -0.2) is 4.39 Å². The topological polar surface area (TPSA) is 26.0 Å². The van der Waals surface area contributed by atoms with Gasteiger partial charge < -0.3 is 5.73 Å². The van der Waals surface area contributed by atoms with Gasteiger partial charge in [0, 0.05) is 6.04 Å². The first-order valence-electron chi connectivity index (χ1n) is 7.94. The summed E-state index contributed by atoms with van der Waals surface area (Å²) in [4.78, 5) is 0. The maximum absolute atomic E-state index is 13.5. The van der Waals surface area contributed by atoms with Gasteiger partial charge in [0.2, 0.25) is 0 Å². The molecular weight excluding hydrogens is 389 g/mol. The second kappa shape index (κ2) is 7.22. The molecule has 138 valence electrons. The van der Waals surface area contributed by atoms with Crippen LogP contribution in [0.25, 0.3) is 6.08 Å². The smallest absolute Gasteiger partial charge is 0.324 e. The molecule has 0 aliphatic heterocycles. The Morgan fingerprint density at radius 2 is 1.77 bits per heavy atom. The highest BCUT2D eigenvalue weighted by atomic mass is 35.5. The summed E-state index contributed by atoms with van der Waals surface area (Å²) in [6.07, 6.45) is -0.506. The minimum atomic E-state index is -4.57. The van der Waals surface area contributed by atoms with E-state index < -0.39 is 28.0 Å². The van der Waals surface area contributed by atoms with E-state index in [4.69, 9.17) is 28.9 Å². The summed E-state index contributed by atoms with van der Waals surface area (Å²) < 4.78 is 54.0. The van der Waals surface area contributed by atoms with Crippen LogP contribution in [0.15, 0.2) is 36.4 Å². The first-order chi connectivity index (χ1) is 12.2. The van der Waals surface area contributed by atoms with E-state index in [0.717, 1.165) is 42.2 Å². The van der Waals surface area contributed by atoms with Crippen molar-refractivity contribution in [2.75, 3.05) is 0 Å². The number of aryl methyl sites for hydroxylation is 1. The summed E-state index contributed by atoms with van der Waals surface area (Å²) in [5.74, 6) is -2.88. The van der Waals surface area contributed by atoms with Gasteiger partial charge in [0.05, 0.1) is 16.0 Å². The number of allylic oxidation sites excluding steroid dienone is 1. The SMILES string of the molecule is NC1CCc2cc(/C=C/C(c3cc(Cl)c(F)c(Cl)c3)C(F)(F)F)ccc21. The van der Waals surface area contributed by atoms with Gasteiger partial charge in [-0.15, -0.1) is 0 Å². The molecule has 0 amide bonds. The van der Waals surface area contributed by atoms with Crippen LogP contribution in [0.3, 0.4) is 0 Å². The molecule has 3 rings (SSSR count). The van der Waals surface area contributed by atoms with Crippen LogP contribution in [0, 0.1) is 5.82 Å². The molecule has 2 unspecified atom stereocenters. The third kappa shape index (κ3) is 3.90. The minimum absolute atomic E-state index is 0.0190. The third-order valence-electron chi connectivity index (χ3n) is 4.49. The van der Waals surface area contributed by atoms with Gasteiger partial charge in [0.25, 0.3) is 0 Å². The summed E-state index contributed by atoms with van der Waals surface area (Å²) in [5.41, 5.74) is 8.49. The highest BCUT2D eigenvalue weighted by molar-refractivity contribution is 6.35. The molecule has 2 aromatic carbocycles. The van der Waals surface area contributed by atoms with Gasteiger partial charge in [0.1, 0.15) is 0 Å². The second-order valence-electron chi connectivity index (χ2n) is 6.28. The van der Waals surface area contributed by atoms with Crippen molar-refractivity contribution in [2.45, 2.75) is 31.0 Å². The standard InChI is InChI=1S/C19H15Cl2F4N/c20-15-8-12(9-16(21)18(15)22)14(19(23,24)25)5-2-10-1-4-13-11(7-10)3-6-17(13)26/h1-2,4-5,7-9,14,17H,3,6,26H2/b5-2+. The van der Waals surface area contributed by atoms with Crippen molar-refractivity contribution in [3.63, 3.8) is 0 Å². The van der Waals surface area contributed by atoms with Crippen LogP contribution in [-0.2, 0) is 6.42 Å². The fraction of sp³-hybridized carbons (Fsp3) is 0.263. The summed E-state index contributed by atoms with van der Waals surface area (Å²) >= 11 is 11.3. The van der Waals surface area contributed by atoms with Crippen LogP contribution in [-0.4, -0.2) is 6.18 Å². The molecule has 0 heterocycles. The van der Waals surface area contributed by atoms with Crippen LogP contribution in [0.2, 0.25) is 10.0 Å². The number of hydrogen-bond acceptors (Lipinski definition) is 1. The summed E-state index contributed by atoms with van der Waals surface area (Å²) in [6, 6.07) is 7.31. The lowest BCUT2D eigenvalue weighted by Crippen LogP contribution is -2.19. The Morgan fingerprint density at radius 3 is 2.38 bits per heavy atom. The van der Waals surface area contributed by atoms with Crippen molar-refractivity contribution in [3.05, 3.63) is 74.5 Å². The molecule has 0 spiro atoms. The van der Waals surface area contributed by atoms with E-state index in [2.05, 4.69) is 0 Å². The highest BCUT2D eigenvalue weighted by Crippen LogP contribution is 2.39. The molecule has 2 aromatic rings. The zero-order valence-corrected chi connectivity index (χ0v) is 15.0. The minimum Gasteiger partial charge on any atom is -0.324 e. The number of nitrogens with two attached hydrogens (primary N) is 1. The van der Waals surface area contributed by atoms with E-state index >= 15 is 0 Å². The third-order valence-corrected chi connectivity index (χ3v) is 5.04. The van der Waals surface area contributed by atoms with E-state index in [9.17, 15) is 17.6 Å². The van der Waals surface area contributed by atoms with Crippen LogP contribution in [0.5, 0.6) is 0 Å². The van der Waals surface area contributed by atoms with Crippen molar-refractivity contribution in [1.82, 2.24) is 0 Å². The van der Waals surface area contributed by atoms with Gasteiger partial charge in [-0.2, -0.15) is 13.2 Å². The highest BCUT2D eigenvalue weighted by Gasteiger charge is 2.39. The molecule has 26 heavy (non-hydrogen) atoms. The number of rotatable bonds is 3. The molecule has 0 fully saturated rings. The fourth-order valence-electron chi connectivity index (χ4n) is 3.15. The van der Waals surface area contributed by atoms with E-state index in [-0.39, 0.29) is 11.6 Å². The molecule has 1 aliphatic rings. The van der Waals surface area contributed by atoms with E-state index in [0.29, 0.717) is 5.56 Å². The van der Waals surface area contributed by atoms with E-state index in [1.807, 2.05) is 12.1 Å². The molecule has 2 N–H and O–H groups in total.